The van der Waals surface area contributed by atoms with Gasteiger partial charge in [-0.2, -0.15) is 5.26 Å². The van der Waals surface area contributed by atoms with Gasteiger partial charge < -0.3 is 10.2 Å². The van der Waals surface area contributed by atoms with Gasteiger partial charge in [0, 0.05) is 19.0 Å². The predicted molar refractivity (Wildman–Crippen MR) is 67.2 cm³/mol. The zero-order valence-corrected chi connectivity index (χ0v) is 10.5. The van der Waals surface area contributed by atoms with Crippen LogP contribution in [-0.2, 0) is 0 Å². The SMILES string of the molecule is CCCN(CCCCC#N)CC1CCCN1. The van der Waals surface area contributed by atoms with Gasteiger partial charge in [0.2, 0.25) is 0 Å². The van der Waals surface area contributed by atoms with E-state index in [2.05, 4.69) is 23.2 Å². The van der Waals surface area contributed by atoms with Crippen molar-refractivity contribution in [2.75, 3.05) is 26.2 Å². The molecule has 1 N–H and O–H groups in total. The van der Waals surface area contributed by atoms with E-state index in [1.54, 1.807) is 0 Å². The second-order valence-electron chi connectivity index (χ2n) is 4.71. The quantitative estimate of drug-likeness (QED) is 0.641. The molecule has 1 aliphatic rings. The molecule has 1 aliphatic heterocycles. The Morgan fingerprint density at radius 1 is 1.38 bits per heavy atom. The number of hydrogen-bond donors (Lipinski definition) is 1. The van der Waals surface area contributed by atoms with Gasteiger partial charge in [-0.15, -0.1) is 0 Å². The van der Waals surface area contributed by atoms with Gasteiger partial charge in [0.15, 0.2) is 0 Å². The first kappa shape index (κ1) is 13.5. The average molecular weight is 223 g/mol. The molecule has 1 heterocycles. The predicted octanol–water partition coefficient (Wildman–Crippen LogP) is 2.14. The maximum absolute atomic E-state index is 8.49. The van der Waals surface area contributed by atoms with Gasteiger partial charge in [0.1, 0.15) is 0 Å². The van der Waals surface area contributed by atoms with Crippen LogP contribution in [0.15, 0.2) is 0 Å². The molecule has 92 valence electrons. The minimum absolute atomic E-state index is 0.710. The van der Waals surface area contributed by atoms with Gasteiger partial charge in [0.05, 0.1) is 6.07 Å². The van der Waals surface area contributed by atoms with Crippen molar-refractivity contribution in [2.45, 2.75) is 51.5 Å². The molecule has 16 heavy (non-hydrogen) atoms. The zero-order chi connectivity index (χ0) is 11.6. The zero-order valence-electron chi connectivity index (χ0n) is 10.5. The number of nitriles is 1. The van der Waals surface area contributed by atoms with Crippen molar-refractivity contribution in [2.24, 2.45) is 0 Å². The number of nitrogens with one attached hydrogen (secondary N) is 1. The summed E-state index contributed by atoms with van der Waals surface area (Å²) in [5.74, 6) is 0. The molecule has 0 spiro atoms. The topological polar surface area (TPSA) is 39.1 Å². The van der Waals surface area contributed by atoms with Crippen molar-refractivity contribution < 1.29 is 0 Å². The minimum Gasteiger partial charge on any atom is -0.313 e. The highest BCUT2D eigenvalue weighted by Gasteiger charge is 2.16. The van der Waals surface area contributed by atoms with Crippen LogP contribution in [0.5, 0.6) is 0 Å². The highest BCUT2D eigenvalue weighted by Crippen LogP contribution is 2.08. The van der Waals surface area contributed by atoms with E-state index in [0.717, 1.165) is 13.0 Å². The van der Waals surface area contributed by atoms with Crippen molar-refractivity contribution in [1.82, 2.24) is 10.2 Å². The summed E-state index contributed by atoms with van der Waals surface area (Å²) in [6.45, 7) is 6.99. The molecule has 0 amide bonds. The van der Waals surface area contributed by atoms with Crippen LogP contribution in [0.2, 0.25) is 0 Å². The third kappa shape index (κ3) is 5.48. The van der Waals surface area contributed by atoms with E-state index in [4.69, 9.17) is 5.26 Å². The molecule has 1 unspecified atom stereocenters. The monoisotopic (exact) mass is 223 g/mol. The van der Waals surface area contributed by atoms with E-state index in [0.29, 0.717) is 12.5 Å². The minimum atomic E-state index is 0.710. The molecule has 1 saturated heterocycles. The van der Waals surface area contributed by atoms with E-state index in [1.807, 2.05) is 0 Å². The lowest BCUT2D eigenvalue weighted by Gasteiger charge is -2.25. The van der Waals surface area contributed by atoms with E-state index < -0.39 is 0 Å². The summed E-state index contributed by atoms with van der Waals surface area (Å²) >= 11 is 0. The van der Waals surface area contributed by atoms with Crippen LogP contribution in [0, 0.1) is 11.3 Å². The largest absolute Gasteiger partial charge is 0.313 e. The third-order valence-electron chi connectivity index (χ3n) is 3.19. The van der Waals surface area contributed by atoms with E-state index in [-0.39, 0.29) is 0 Å². The standard InChI is InChI=1S/C13H25N3/c1-2-10-16(11-5-3-4-8-14)12-13-7-6-9-15-13/h13,15H,2-7,9-12H2,1H3. The summed E-state index contributed by atoms with van der Waals surface area (Å²) in [5.41, 5.74) is 0. The smallest absolute Gasteiger partial charge is 0.0621 e. The van der Waals surface area contributed by atoms with Gasteiger partial charge >= 0.3 is 0 Å². The Morgan fingerprint density at radius 2 is 2.25 bits per heavy atom. The van der Waals surface area contributed by atoms with Crippen molar-refractivity contribution in [1.29, 1.82) is 5.26 Å². The molecule has 0 bridgehead atoms. The molecule has 0 aliphatic carbocycles. The molecule has 1 fully saturated rings. The highest BCUT2D eigenvalue weighted by atomic mass is 15.1. The first-order valence-electron chi connectivity index (χ1n) is 6.69. The maximum atomic E-state index is 8.49. The Labute approximate surface area is 99.8 Å². The molecule has 0 saturated carbocycles. The van der Waals surface area contributed by atoms with E-state index in [1.165, 1.54) is 45.3 Å². The number of rotatable bonds is 8. The molecular formula is C13H25N3. The van der Waals surface area contributed by atoms with Crippen LogP contribution in [0.4, 0.5) is 0 Å². The lowest BCUT2D eigenvalue weighted by molar-refractivity contribution is 0.245. The highest BCUT2D eigenvalue weighted by molar-refractivity contribution is 4.78. The fraction of sp³-hybridized carbons (Fsp3) is 0.923. The first-order chi connectivity index (χ1) is 7.86. The van der Waals surface area contributed by atoms with E-state index in [9.17, 15) is 0 Å². The molecule has 0 aromatic carbocycles. The molecule has 1 rings (SSSR count). The number of hydrogen-bond acceptors (Lipinski definition) is 3. The Kier molecular flexibility index (Phi) is 7.20. The molecule has 0 aromatic rings. The summed E-state index contributed by atoms with van der Waals surface area (Å²) in [6.07, 6.45) is 6.82. The summed E-state index contributed by atoms with van der Waals surface area (Å²) in [5, 5.41) is 12.0. The summed E-state index contributed by atoms with van der Waals surface area (Å²) in [4.78, 5) is 2.56. The van der Waals surface area contributed by atoms with Crippen molar-refractivity contribution >= 4 is 0 Å². The Bertz CT molecular complexity index is 204. The lowest BCUT2D eigenvalue weighted by Crippen LogP contribution is -2.38. The third-order valence-corrected chi connectivity index (χ3v) is 3.19. The van der Waals surface area contributed by atoms with Crippen LogP contribution in [0.1, 0.15) is 45.4 Å². The molecule has 3 heteroatoms. The Morgan fingerprint density at radius 3 is 2.88 bits per heavy atom. The van der Waals surface area contributed by atoms with Gasteiger partial charge in [-0.25, -0.2) is 0 Å². The lowest BCUT2D eigenvalue weighted by atomic mass is 10.2. The van der Waals surface area contributed by atoms with Gasteiger partial charge in [-0.1, -0.05) is 6.92 Å². The van der Waals surface area contributed by atoms with Crippen molar-refractivity contribution in [3.8, 4) is 6.07 Å². The Balaban J connectivity index is 2.15. The molecular weight excluding hydrogens is 198 g/mol. The normalized spacial score (nSPS) is 20.2. The summed E-state index contributed by atoms with van der Waals surface area (Å²) < 4.78 is 0. The van der Waals surface area contributed by atoms with Crippen molar-refractivity contribution in [3.63, 3.8) is 0 Å². The van der Waals surface area contributed by atoms with Crippen LogP contribution in [0.25, 0.3) is 0 Å². The van der Waals surface area contributed by atoms with Gasteiger partial charge in [-0.3, -0.25) is 0 Å². The molecule has 0 aromatic heterocycles. The average Bonchev–Trinajstić information content (AvgIpc) is 2.77. The fourth-order valence-electron chi connectivity index (χ4n) is 2.37. The second-order valence-corrected chi connectivity index (χ2v) is 4.71. The van der Waals surface area contributed by atoms with E-state index >= 15 is 0 Å². The second kappa shape index (κ2) is 8.55. The van der Waals surface area contributed by atoms with Crippen LogP contribution in [0.3, 0.4) is 0 Å². The van der Waals surface area contributed by atoms with Crippen LogP contribution < -0.4 is 5.32 Å². The summed E-state index contributed by atoms with van der Waals surface area (Å²) in [6, 6.07) is 2.93. The van der Waals surface area contributed by atoms with Gasteiger partial charge in [0.25, 0.3) is 0 Å². The molecule has 3 nitrogen and oxygen atoms in total. The Hall–Kier alpha value is -0.590. The van der Waals surface area contributed by atoms with Crippen LogP contribution >= 0.6 is 0 Å². The first-order valence-corrected chi connectivity index (χ1v) is 6.69. The van der Waals surface area contributed by atoms with Gasteiger partial charge in [-0.05, 0) is 51.7 Å². The van der Waals surface area contributed by atoms with Crippen molar-refractivity contribution in [3.05, 3.63) is 0 Å². The number of unbranched alkanes of at least 4 members (excludes halogenated alkanes) is 2. The number of nitrogens with zero attached hydrogens (tertiary/aromatic N) is 2. The van der Waals surface area contributed by atoms with Crippen LogP contribution in [-0.4, -0.2) is 37.1 Å². The molecule has 0 radical (unpaired) electrons. The summed E-state index contributed by atoms with van der Waals surface area (Å²) in [7, 11) is 0. The maximum Gasteiger partial charge on any atom is 0.0621 e. The molecule has 1 atom stereocenters. The fourth-order valence-corrected chi connectivity index (χ4v) is 2.37.